The van der Waals surface area contributed by atoms with Gasteiger partial charge in [0.15, 0.2) is 0 Å². The molecule has 2 aromatic carbocycles. The summed E-state index contributed by atoms with van der Waals surface area (Å²) in [4.78, 5) is 37.1. The van der Waals surface area contributed by atoms with E-state index in [2.05, 4.69) is 6.58 Å². The first-order chi connectivity index (χ1) is 16.6. The number of allylic oxidation sites excluding steroid dienone is 1. The quantitative estimate of drug-likeness (QED) is 0.576. The number of aliphatic carboxylic acids is 1. The first kappa shape index (κ1) is 24.3. The molecule has 1 fully saturated rings. The van der Waals surface area contributed by atoms with Crippen molar-refractivity contribution in [1.82, 2.24) is 10.2 Å². The van der Waals surface area contributed by atoms with Gasteiger partial charge in [0, 0.05) is 19.0 Å². The molecule has 0 saturated carbocycles. The Labute approximate surface area is 199 Å². The van der Waals surface area contributed by atoms with Gasteiger partial charge in [0.1, 0.15) is 12.0 Å². The number of halogens is 3. The predicted octanol–water partition coefficient (Wildman–Crippen LogP) is 3.95. The Morgan fingerprint density at radius 1 is 1.11 bits per heavy atom. The number of likely N-dealkylation sites (tertiary alicyclic amines) is 1. The Kier molecular flexibility index (Phi) is 6.31. The highest BCUT2D eigenvalue weighted by atomic mass is 19.4. The fourth-order valence-electron chi connectivity index (χ4n) is 4.69. The molecule has 1 unspecified atom stereocenters. The monoisotopic (exact) mass is 488 g/mol. The Bertz CT molecular complexity index is 1130. The van der Waals surface area contributed by atoms with Crippen LogP contribution >= 0.6 is 0 Å². The van der Waals surface area contributed by atoms with Crippen molar-refractivity contribution in [1.29, 1.82) is 0 Å². The van der Waals surface area contributed by atoms with Gasteiger partial charge in [-0.1, -0.05) is 54.6 Å². The van der Waals surface area contributed by atoms with Gasteiger partial charge in [-0.3, -0.25) is 9.59 Å². The second kappa shape index (κ2) is 9.09. The number of hydrogen-bond acceptors (Lipinski definition) is 4. The number of nitrogens with zero attached hydrogens (tertiary/aromatic N) is 1. The van der Waals surface area contributed by atoms with E-state index in [1.165, 1.54) is 6.08 Å². The van der Waals surface area contributed by atoms with Crippen molar-refractivity contribution in [3.05, 3.63) is 72.3 Å². The standard InChI is InChI=1S/C25H23F3N2O5/c1-2-11-24(22(32)33)13-30(14-24)21(31)20(25(26,27)28)29-23(34)35-12-19-17-9-5-3-7-15(17)16-8-4-6-10-18(16)19/h2-10,19-20H,1,11-14H2,(H,29,34)(H,32,33). The van der Waals surface area contributed by atoms with Crippen molar-refractivity contribution in [2.24, 2.45) is 5.41 Å². The summed E-state index contributed by atoms with van der Waals surface area (Å²) >= 11 is 0. The normalized spacial score (nSPS) is 16.9. The summed E-state index contributed by atoms with van der Waals surface area (Å²) < 4.78 is 46.0. The van der Waals surface area contributed by atoms with Crippen molar-refractivity contribution in [2.45, 2.75) is 24.6 Å². The molecule has 0 aromatic heterocycles. The number of rotatable bonds is 7. The highest BCUT2D eigenvalue weighted by Gasteiger charge is 2.56. The molecule has 1 saturated heterocycles. The Hall–Kier alpha value is -3.82. The minimum Gasteiger partial charge on any atom is -0.481 e. The van der Waals surface area contributed by atoms with Gasteiger partial charge in [-0.2, -0.15) is 13.2 Å². The second-order valence-corrected chi connectivity index (χ2v) is 8.72. The molecule has 0 radical (unpaired) electrons. The number of hydrogen-bond donors (Lipinski definition) is 2. The maximum absolute atomic E-state index is 13.6. The predicted molar refractivity (Wildman–Crippen MR) is 120 cm³/mol. The van der Waals surface area contributed by atoms with Crippen LogP contribution in [0.15, 0.2) is 61.2 Å². The number of nitrogens with one attached hydrogen (secondary N) is 1. The third-order valence-electron chi connectivity index (χ3n) is 6.47. The van der Waals surface area contributed by atoms with E-state index in [1.54, 1.807) is 5.32 Å². The molecule has 7 nitrogen and oxygen atoms in total. The number of benzene rings is 2. The molecular formula is C25H23F3N2O5. The molecular weight excluding hydrogens is 465 g/mol. The Morgan fingerprint density at radius 3 is 2.14 bits per heavy atom. The van der Waals surface area contributed by atoms with E-state index in [1.807, 2.05) is 48.5 Å². The topological polar surface area (TPSA) is 95.9 Å². The Morgan fingerprint density at radius 2 is 1.66 bits per heavy atom. The van der Waals surface area contributed by atoms with Crippen LogP contribution in [-0.2, 0) is 14.3 Å². The van der Waals surface area contributed by atoms with Gasteiger partial charge in [-0.25, -0.2) is 4.79 Å². The van der Waals surface area contributed by atoms with Crippen LogP contribution in [-0.4, -0.2) is 59.9 Å². The average molecular weight is 488 g/mol. The zero-order chi connectivity index (χ0) is 25.4. The number of carbonyl (C=O) groups excluding carboxylic acids is 2. The summed E-state index contributed by atoms with van der Waals surface area (Å²) in [6, 6.07) is 12.1. The molecule has 35 heavy (non-hydrogen) atoms. The SMILES string of the molecule is C=CCC1(C(=O)O)CN(C(=O)C(NC(=O)OCC2c3ccccc3-c3ccccc32)C(F)(F)F)C1. The first-order valence-corrected chi connectivity index (χ1v) is 10.9. The average Bonchev–Trinajstić information content (AvgIpc) is 3.10. The van der Waals surface area contributed by atoms with Crippen LogP contribution < -0.4 is 5.32 Å². The molecule has 1 atom stereocenters. The maximum atomic E-state index is 13.6. The molecule has 2 N–H and O–H groups in total. The molecule has 184 valence electrons. The van der Waals surface area contributed by atoms with E-state index in [0.717, 1.165) is 27.2 Å². The van der Waals surface area contributed by atoms with E-state index >= 15 is 0 Å². The smallest absolute Gasteiger partial charge is 0.417 e. The maximum Gasteiger partial charge on any atom is 0.417 e. The minimum atomic E-state index is -5.09. The van der Waals surface area contributed by atoms with Crippen LogP contribution in [0.2, 0.25) is 0 Å². The van der Waals surface area contributed by atoms with E-state index in [0.29, 0.717) is 0 Å². The zero-order valence-electron chi connectivity index (χ0n) is 18.5. The lowest BCUT2D eigenvalue weighted by molar-refractivity contribution is -0.185. The van der Waals surface area contributed by atoms with Gasteiger partial charge >= 0.3 is 18.2 Å². The molecule has 1 aliphatic carbocycles. The van der Waals surface area contributed by atoms with Crippen LogP contribution in [0.4, 0.5) is 18.0 Å². The second-order valence-electron chi connectivity index (χ2n) is 8.72. The number of amides is 2. The lowest BCUT2D eigenvalue weighted by atomic mass is 9.76. The molecule has 0 bridgehead atoms. The minimum absolute atomic E-state index is 0.00258. The number of carboxylic acids is 1. The molecule has 1 aliphatic heterocycles. The van der Waals surface area contributed by atoms with Crippen LogP contribution in [0.5, 0.6) is 0 Å². The van der Waals surface area contributed by atoms with Gasteiger partial charge in [0.25, 0.3) is 5.91 Å². The number of carbonyl (C=O) groups is 3. The number of ether oxygens (including phenoxy) is 1. The van der Waals surface area contributed by atoms with Crippen molar-refractivity contribution in [3.8, 4) is 11.1 Å². The summed E-state index contributed by atoms with van der Waals surface area (Å²) in [5, 5.41) is 11.0. The van der Waals surface area contributed by atoms with Crippen molar-refractivity contribution in [2.75, 3.05) is 19.7 Å². The van der Waals surface area contributed by atoms with E-state index in [9.17, 15) is 32.7 Å². The summed E-state index contributed by atoms with van der Waals surface area (Å²) in [7, 11) is 0. The molecule has 2 amide bonds. The first-order valence-electron chi connectivity index (χ1n) is 10.9. The lowest BCUT2D eigenvalue weighted by Crippen LogP contribution is -2.67. The highest BCUT2D eigenvalue weighted by molar-refractivity contribution is 5.89. The fraction of sp³-hybridized carbons (Fsp3) is 0.320. The summed E-state index contributed by atoms with van der Waals surface area (Å²) in [6.07, 6.45) is -5.14. The third kappa shape index (κ3) is 4.48. The van der Waals surface area contributed by atoms with Crippen molar-refractivity contribution >= 4 is 18.0 Å². The number of alkyl carbamates (subject to hydrolysis) is 1. The summed E-state index contributed by atoms with van der Waals surface area (Å²) in [6.45, 7) is 2.41. The molecule has 2 aromatic rings. The lowest BCUT2D eigenvalue weighted by Gasteiger charge is -2.47. The Balaban J connectivity index is 1.43. The van der Waals surface area contributed by atoms with Gasteiger partial charge in [-0.15, -0.1) is 6.58 Å². The number of fused-ring (bicyclic) bond motifs is 3. The van der Waals surface area contributed by atoms with E-state index in [-0.39, 0.29) is 18.9 Å². The molecule has 4 rings (SSSR count). The highest BCUT2D eigenvalue weighted by Crippen LogP contribution is 2.44. The molecule has 10 heteroatoms. The van der Waals surface area contributed by atoms with Gasteiger partial charge < -0.3 is 20.1 Å². The van der Waals surface area contributed by atoms with Crippen LogP contribution in [0, 0.1) is 5.41 Å². The van der Waals surface area contributed by atoms with Crippen LogP contribution in [0.3, 0.4) is 0 Å². The van der Waals surface area contributed by atoms with Crippen molar-refractivity contribution < 1.29 is 37.4 Å². The molecule has 2 aliphatic rings. The molecule has 0 spiro atoms. The zero-order valence-corrected chi connectivity index (χ0v) is 18.5. The molecule has 1 heterocycles. The fourth-order valence-corrected chi connectivity index (χ4v) is 4.69. The van der Waals surface area contributed by atoms with Gasteiger partial charge in [-0.05, 0) is 28.7 Å². The van der Waals surface area contributed by atoms with Gasteiger partial charge in [0.05, 0.1) is 0 Å². The number of carboxylic acid groups (broad SMARTS) is 1. The summed E-state index contributed by atoms with van der Waals surface area (Å²) in [5.74, 6) is -3.03. The summed E-state index contributed by atoms with van der Waals surface area (Å²) in [5.41, 5.74) is 2.31. The number of alkyl halides is 3. The van der Waals surface area contributed by atoms with E-state index < -0.39 is 48.7 Å². The van der Waals surface area contributed by atoms with Crippen molar-refractivity contribution in [3.63, 3.8) is 0 Å². The van der Waals surface area contributed by atoms with Crippen LogP contribution in [0.25, 0.3) is 11.1 Å². The van der Waals surface area contributed by atoms with Crippen LogP contribution in [0.1, 0.15) is 23.5 Å². The van der Waals surface area contributed by atoms with Gasteiger partial charge in [0.2, 0.25) is 6.04 Å². The third-order valence-corrected chi connectivity index (χ3v) is 6.47. The van der Waals surface area contributed by atoms with E-state index in [4.69, 9.17) is 4.74 Å². The largest absolute Gasteiger partial charge is 0.481 e.